The largest absolute Gasteiger partial charge is 0.457 e. The molecule has 1 heterocycles. The van der Waals surface area contributed by atoms with Crippen molar-refractivity contribution >= 4 is 11.8 Å². The first kappa shape index (κ1) is 17.0. The molecule has 2 aromatic carbocycles. The van der Waals surface area contributed by atoms with E-state index in [1.54, 1.807) is 0 Å². The Kier molecular flexibility index (Phi) is 5.33. The van der Waals surface area contributed by atoms with E-state index in [9.17, 15) is 9.59 Å². The summed E-state index contributed by atoms with van der Waals surface area (Å²) < 4.78 is 5.75. The van der Waals surface area contributed by atoms with Crippen LogP contribution in [0, 0.1) is 5.92 Å². The van der Waals surface area contributed by atoms with Crippen LogP contribution >= 0.6 is 0 Å². The molecule has 0 atom stereocenters. The molecule has 0 bridgehead atoms. The topological polar surface area (TPSA) is 72.6 Å². The molecule has 2 N–H and O–H groups in total. The Hall–Kier alpha value is -2.82. The van der Waals surface area contributed by atoms with Gasteiger partial charge in [-0.1, -0.05) is 30.3 Å². The van der Waals surface area contributed by atoms with E-state index in [0.29, 0.717) is 32.4 Å². The summed E-state index contributed by atoms with van der Waals surface area (Å²) in [6.45, 7) is 1.20. The predicted molar refractivity (Wildman–Crippen MR) is 95.2 cm³/mol. The number of primary amides is 1. The van der Waals surface area contributed by atoms with Crippen molar-refractivity contribution in [1.29, 1.82) is 0 Å². The minimum absolute atomic E-state index is 0.0830. The zero-order valence-corrected chi connectivity index (χ0v) is 14.1. The number of carbonyl (C=O) groups is 2. The first-order valence-corrected chi connectivity index (χ1v) is 8.51. The number of hydrogen-bond donors (Lipinski definition) is 1. The summed E-state index contributed by atoms with van der Waals surface area (Å²) in [4.78, 5) is 25.4. The van der Waals surface area contributed by atoms with E-state index in [2.05, 4.69) is 0 Å². The second-order valence-corrected chi connectivity index (χ2v) is 6.29. The van der Waals surface area contributed by atoms with Gasteiger partial charge in [-0.15, -0.1) is 0 Å². The van der Waals surface area contributed by atoms with Crippen molar-refractivity contribution in [3.05, 3.63) is 60.2 Å². The fraction of sp³-hybridized carbons (Fsp3) is 0.300. The number of rotatable bonds is 5. The standard InChI is InChI=1S/C20H22N2O3/c21-20(24)16-10-12-22(13-11-16)19(23)14-15-6-8-18(9-7-15)25-17-4-2-1-3-5-17/h1-9,16H,10-14H2,(H2,21,24). The highest BCUT2D eigenvalue weighted by molar-refractivity contribution is 5.80. The summed E-state index contributed by atoms with van der Waals surface area (Å²) in [5.74, 6) is 1.24. The van der Waals surface area contributed by atoms with Crippen molar-refractivity contribution in [3.63, 3.8) is 0 Å². The van der Waals surface area contributed by atoms with Gasteiger partial charge in [0.2, 0.25) is 11.8 Å². The minimum atomic E-state index is -0.263. The maximum atomic E-state index is 12.4. The summed E-state index contributed by atoms with van der Waals surface area (Å²) in [6.07, 6.45) is 1.67. The Morgan fingerprint density at radius 3 is 2.16 bits per heavy atom. The van der Waals surface area contributed by atoms with Gasteiger partial charge in [0.25, 0.3) is 0 Å². The summed E-state index contributed by atoms with van der Waals surface area (Å²) in [5.41, 5.74) is 6.27. The smallest absolute Gasteiger partial charge is 0.226 e. The molecule has 0 spiro atoms. The van der Waals surface area contributed by atoms with Gasteiger partial charge in [0.05, 0.1) is 6.42 Å². The first-order valence-electron chi connectivity index (χ1n) is 8.51. The molecule has 130 valence electrons. The van der Waals surface area contributed by atoms with Crippen LogP contribution in [0.25, 0.3) is 0 Å². The van der Waals surface area contributed by atoms with Gasteiger partial charge in [-0.25, -0.2) is 0 Å². The second kappa shape index (κ2) is 7.83. The summed E-state index contributed by atoms with van der Waals surface area (Å²) in [7, 11) is 0. The third-order valence-corrected chi connectivity index (χ3v) is 4.51. The molecule has 1 fully saturated rings. The highest BCUT2D eigenvalue weighted by Crippen LogP contribution is 2.22. The Labute approximate surface area is 147 Å². The minimum Gasteiger partial charge on any atom is -0.457 e. The molecule has 0 aromatic heterocycles. The second-order valence-electron chi connectivity index (χ2n) is 6.29. The number of nitrogens with two attached hydrogens (primary N) is 1. The first-order chi connectivity index (χ1) is 12.1. The summed E-state index contributed by atoms with van der Waals surface area (Å²) >= 11 is 0. The molecule has 3 rings (SSSR count). The molecule has 1 aliphatic rings. The molecule has 0 saturated carbocycles. The Balaban J connectivity index is 1.53. The van der Waals surface area contributed by atoms with Crippen LogP contribution < -0.4 is 10.5 Å². The van der Waals surface area contributed by atoms with Gasteiger partial charge in [-0.3, -0.25) is 9.59 Å². The van der Waals surface area contributed by atoms with Gasteiger partial charge in [-0.2, -0.15) is 0 Å². The number of amides is 2. The van der Waals surface area contributed by atoms with Crippen molar-refractivity contribution in [1.82, 2.24) is 4.90 Å². The third kappa shape index (κ3) is 4.59. The normalized spacial score (nSPS) is 15.0. The van der Waals surface area contributed by atoms with Crippen molar-refractivity contribution in [2.24, 2.45) is 11.7 Å². The molecular weight excluding hydrogens is 316 g/mol. The van der Waals surface area contributed by atoms with E-state index >= 15 is 0 Å². The summed E-state index contributed by atoms with van der Waals surface area (Å²) in [5, 5.41) is 0. The molecule has 0 radical (unpaired) electrons. The zero-order chi connectivity index (χ0) is 17.6. The van der Waals surface area contributed by atoms with Crippen LogP contribution in [0.1, 0.15) is 18.4 Å². The fourth-order valence-corrected chi connectivity index (χ4v) is 3.00. The van der Waals surface area contributed by atoms with E-state index in [1.165, 1.54) is 0 Å². The highest BCUT2D eigenvalue weighted by Gasteiger charge is 2.25. The number of para-hydroxylation sites is 1. The Bertz CT molecular complexity index is 720. The van der Waals surface area contributed by atoms with Crippen molar-refractivity contribution in [3.8, 4) is 11.5 Å². The predicted octanol–water partition coefficient (Wildman–Crippen LogP) is 2.75. The van der Waals surface area contributed by atoms with Gasteiger partial charge < -0.3 is 15.4 Å². The van der Waals surface area contributed by atoms with Crippen LogP contribution in [0.2, 0.25) is 0 Å². The van der Waals surface area contributed by atoms with Crippen molar-refractivity contribution in [2.75, 3.05) is 13.1 Å². The lowest BCUT2D eigenvalue weighted by Crippen LogP contribution is -2.42. The van der Waals surface area contributed by atoms with Gasteiger partial charge >= 0.3 is 0 Å². The number of ether oxygens (including phenoxy) is 1. The van der Waals surface area contributed by atoms with Gasteiger partial charge in [0.1, 0.15) is 11.5 Å². The molecule has 25 heavy (non-hydrogen) atoms. The molecule has 0 unspecified atom stereocenters. The number of piperidine rings is 1. The molecule has 5 nitrogen and oxygen atoms in total. The number of likely N-dealkylation sites (tertiary alicyclic amines) is 1. The van der Waals surface area contributed by atoms with E-state index in [1.807, 2.05) is 59.5 Å². The van der Waals surface area contributed by atoms with Crippen LogP contribution in [0.5, 0.6) is 11.5 Å². The lowest BCUT2D eigenvalue weighted by Gasteiger charge is -2.30. The molecule has 1 saturated heterocycles. The lowest BCUT2D eigenvalue weighted by atomic mass is 9.96. The highest BCUT2D eigenvalue weighted by atomic mass is 16.5. The maximum Gasteiger partial charge on any atom is 0.226 e. The van der Waals surface area contributed by atoms with Crippen molar-refractivity contribution < 1.29 is 14.3 Å². The van der Waals surface area contributed by atoms with Gasteiger partial charge in [0.15, 0.2) is 0 Å². The monoisotopic (exact) mass is 338 g/mol. The molecular formula is C20H22N2O3. The quantitative estimate of drug-likeness (QED) is 0.911. The molecule has 2 amide bonds. The lowest BCUT2D eigenvalue weighted by molar-refractivity contribution is -0.134. The van der Waals surface area contributed by atoms with E-state index < -0.39 is 0 Å². The number of benzene rings is 2. The van der Waals surface area contributed by atoms with Crippen LogP contribution in [0.3, 0.4) is 0 Å². The van der Waals surface area contributed by atoms with Crippen LogP contribution in [-0.2, 0) is 16.0 Å². The van der Waals surface area contributed by atoms with Crippen LogP contribution in [-0.4, -0.2) is 29.8 Å². The van der Waals surface area contributed by atoms with Gasteiger partial charge in [0, 0.05) is 19.0 Å². The SMILES string of the molecule is NC(=O)C1CCN(C(=O)Cc2ccc(Oc3ccccc3)cc2)CC1. The van der Waals surface area contributed by atoms with E-state index in [4.69, 9.17) is 10.5 Å². The third-order valence-electron chi connectivity index (χ3n) is 4.51. The molecule has 2 aromatic rings. The number of carbonyl (C=O) groups excluding carboxylic acids is 2. The number of hydrogen-bond acceptors (Lipinski definition) is 3. The number of nitrogens with zero attached hydrogens (tertiary/aromatic N) is 1. The van der Waals surface area contributed by atoms with Gasteiger partial charge in [-0.05, 0) is 42.7 Å². The average molecular weight is 338 g/mol. The zero-order valence-electron chi connectivity index (χ0n) is 14.1. The van der Waals surface area contributed by atoms with E-state index in [-0.39, 0.29) is 17.7 Å². The molecule has 0 aliphatic carbocycles. The van der Waals surface area contributed by atoms with Crippen LogP contribution in [0.15, 0.2) is 54.6 Å². The average Bonchev–Trinajstić information content (AvgIpc) is 2.64. The molecule has 5 heteroatoms. The van der Waals surface area contributed by atoms with E-state index in [0.717, 1.165) is 17.1 Å². The summed E-state index contributed by atoms with van der Waals surface area (Å²) in [6, 6.07) is 17.1. The van der Waals surface area contributed by atoms with Crippen molar-refractivity contribution in [2.45, 2.75) is 19.3 Å². The van der Waals surface area contributed by atoms with Crippen LogP contribution in [0.4, 0.5) is 0 Å². The Morgan fingerprint density at radius 2 is 1.56 bits per heavy atom. The molecule has 1 aliphatic heterocycles. The Morgan fingerprint density at radius 1 is 0.960 bits per heavy atom. The maximum absolute atomic E-state index is 12.4. The fourth-order valence-electron chi connectivity index (χ4n) is 3.00.